The van der Waals surface area contributed by atoms with Gasteiger partial charge in [0.1, 0.15) is 0 Å². The van der Waals surface area contributed by atoms with Gasteiger partial charge in [0.05, 0.1) is 6.54 Å². The first-order valence-corrected chi connectivity index (χ1v) is 6.02. The van der Waals surface area contributed by atoms with Gasteiger partial charge in [0.25, 0.3) is 0 Å². The van der Waals surface area contributed by atoms with Gasteiger partial charge in [0.2, 0.25) is 11.8 Å². The van der Waals surface area contributed by atoms with E-state index in [9.17, 15) is 4.79 Å². The molecule has 0 saturated carbocycles. The van der Waals surface area contributed by atoms with Gasteiger partial charge in [-0.05, 0) is 26.8 Å². The van der Waals surface area contributed by atoms with Crippen LogP contribution in [0.3, 0.4) is 0 Å². The predicted octanol–water partition coefficient (Wildman–Crippen LogP) is 0.635. The normalized spacial score (nSPS) is 11.5. The summed E-state index contributed by atoms with van der Waals surface area (Å²) in [7, 11) is 0. The Morgan fingerprint density at radius 2 is 2.17 bits per heavy atom. The molecule has 1 rings (SSSR count). The van der Waals surface area contributed by atoms with Gasteiger partial charge >= 0.3 is 6.01 Å². The molecule has 0 spiro atoms. The van der Waals surface area contributed by atoms with E-state index in [1.807, 2.05) is 13.8 Å². The second-order valence-corrected chi connectivity index (χ2v) is 4.83. The lowest BCUT2D eigenvalue weighted by Crippen LogP contribution is -2.36. The Bertz CT molecular complexity index is 389. The molecule has 7 nitrogen and oxygen atoms in total. The van der Waals surface area contributed by atoms with Crippen LogP contribution in [-0.4, -0.2) is 28.2 Å². The third-order valence-corrected chi connectivity index (χ3v) is 2.23. The van der Waals surface area contributed by atoms with E-state index in [1.165, 1.54) is 0 Å². The van der Waals surface area contributed by atoms with Crippen molar-refractivity contribution >= 4 is 11.9 Å². The number of carbonyl (C=O) groups is 1. The average molecular weight is 255 g/mol. The third-order valence-electron chi connectivity index (χ3n) is 2.23. The van der Waals surface area contributed by atoms with Gasteiger partial charge in [0, 0.05) is 12.0 Å². The molecule has 0 aliphatic carbocycles. The Morgan fingerprint density at radius 3 is 2.78 bits per heavy atom. The first-order chi connectivity index (χ1) is 8.43. The van der Waals surface area contributed by atoms with Gasteiger partial charge in [-0.2, -0.15) is 0 Å². The molecule has 18 heavy (non-hydrogen) atoms. The fourth-order valence-corrected chi connectivity index (χ4v) is 1.52. The van der Waals surface area contributed by atoms with E-state index in [2.05, 4.69) is 27.8 Å². The van der Waals surface area contributed by atoms with E-state index in [0.29, 0.717) is 18.5 Å². The van der Waals surface area contributed by atoms with Crippen LogP contribution in [0.4, 0.5) is 6.01 Å². The van der Waals surface area contributed by atoms with Crippen molar-refractivity contribution in [1.82, 2.24) is 15.5 Å². The molecule has 4 N–H and O–H groups in total. The molecule has 0 bridgehead atoms. The molecule has 0 atom stereocenters. The van der Waals surface area contributed by atoms with Crippen LogP contribution in [0.1, 0.15) is 39.5 Å². The van der Waals surface area contributed by atoms with Crippen LogP contribution in [0.25, 0.3) is 0 Å². The molecule has 0 unspecified atom stereocenters. The number of primary amides is 1. The first-order valence-electron chi connectivity index (χ1n) is 6.02. The van der Waals surface area contributed by atoms with E-state index in [1.54, 1.807) is 0 Å². The van der Waals surface area contributed by atoms with Crippen LogP contribution in [0, 0.1) is 0 Å². The maximum Gasteiger partial charge on any atom is 0.315 e. The van der Waals surface area contributed by atoms with Crippen molar-refractivity contribution in [2.45, 2.75) is 45.7 Å². The molecular weight excluding hydrogens is 234 g/mol. The van der Waals surface area contributed by atoms with Gasteiger partial charge in [-0.25, -0.2) is 0 Å². The van der Waals surface area contributed by atoms with Gasteiger partial charge in [-0.3, -0.25) is 4.79 Å². The van der Waals surface area contributed by atoms with Crippen LogP contribution < -0.4 is 16.4 Å². The number of nitrogens with one attached hydrogen (secondary N) is 2. The summed E-state index contributed by atoms with van der Waals surface area (Å²) >= 11 is 0. The number of nitrogens with zero attached hydrogens (tertiary/aromatic N) is 2. The van der Waals surface area contributed by atoms with Crippen LogP contribution in [-0.2, 0) is 11.3 Å². The number of amides is 1. The largest absolute Gasteiger partial charge is 0.407 e. The van der Waals surface area contributed by atoms with Crippen molar-refractivity contribution in [2.75, 3.05) is 11.9 Å². The summed E-state index contributed by atoms with van der Waals surface area (Å²) in [6.07, 6.45) is 1.24. The van der Waals surface area contributed by atoms with Crippen molar-refractivity contribution in [2.24, 2.45) is 5.73 Å². The maximum atomic E-state index is 10.9. The molecular formula is C11H21N5O2. The summed E-state index contributed by atoms with van der Waals surface area (Å²) < 4.78 is 5.40. The van der Waals surface area contributed by atoms with Crippen molar-refractivity contribution in [3.8, 4) is 0 Å². The zero-order chi connectivity index (χ0) is 13.6. The van der Waals surface area contributed by atoms with E-state index >= 15 is 0 Å². The Hall–Kier alpha value is -1.63. The molecule has 1 aromatic heterocycles. The van der Waals surface area contributed by atoms with Gasteiger partial charge in [0.15, 0.2) is 0 Å². The summed E-state index contributed by atoms with van der Waals surface area (Å²) in [6.45, 7) is 7.21. The highest BCUT2D eigenvalue weighted by atomic mass is 16.4. The Labute approximate surface area is 107 Å². The molecule has 1 aromatic rings. The van der Waals surface area contributed by atoms with Gasteiger partial charge < -0.3 is 20.8 Å². The second kappa shape index (κ2) is 6.34. The SMILES string of the molecule is CCCNCc1nnc(NC(C)(C)CC(N)=O)o1. The van der Waals surface area contributed by atoms with Crippen molar-refractivity contribution < 1.29 is 9.21 Å². The standard InChI is InChI=1S/C11H21N5O2/c1-4-5-13-7-9-15-16-10(18-9)14-11(2,3)6-8(12)17/h13H,4-7H2,1-3H3,(H2,12,17)(H,14,16). The van der Waals surface area contributed by atoms with Crippen molar-refractivity contribution in [1.29, 1.82) is 0 Å². The Kier molecular flexibility index (Phi) is 5.08. The number of rotatable bonds is 8. The third kappa shape index (κ3) is 5.13. The Balaban J connectivity index is 2.50. The number of anilines is 1. The molecule has 1 amide bonds. The molecule has 0 fully saturated rings. The lowest BCUT2D eigenvalue weighted by atomic mass is 10.0. The minimum Gasteiger partial charge on any atom is -0.407 e. The molecule has 7 heteroatoms. The molecule has 0 saturated heterocycles. The van der Waals surface area contributed by atoms with Crippen LogP contribution in [0.2, 0.25) is 0 Å². The number of aromatic nitrogens is 2. The minimum atomic E-state index is -0.507. The number of nitrogens with two attached hydrogens (primary N) is 1. The van der Waals surface area contributed by atoms with E-state index in [-0.39, 0.29) is 12.3 Å². The van der Waals surface area contributed by atoms with Gasteiger partial charge in [-0.1, -0.05) is 12.0 Å². The van der Waals surface area contributed by atoms with Gasteiger partial charge in [-0.15, -0.1) is 5.10 Å². The zero-order valence-electron chi connectivity index (χ0n) is 11.1. The molecule has 1 heterocycles. The zero-order valence-corrected chi connectivity index (χ0v) is 11.1. The van der Waals surface area contributed by atoms with E-state index < -0.39 is 5.54 Å². The maximum absolute atomic E-state index is 10.9. The first kappa shape index (κ1) is 14.4. The fourth-order valence-electron chi connectivity index (χ4n) is 1.52. The summed E-state index contributed by atoms with van der Waals surface area (Å²) in [5, 5.41) is 13.9. The summed E-state index contributed by atoms with van der Waals surface area (Å²) in [5.41, 5.74) is 4.66. The molecule has 0 radical (unpaired) electrons. The molecule has 102 valence electrons. The number of hydrogen-bond acceptors (Lipinski definition) is 6. The van der Waals surface area contributed by atoms with Crippen molar-refractivity contribution in [3.63, 3.8) is 0 Å². The fraction of sp³-hybridized carbons (Fsp3) is 0.727. The number of hydrogen-bond donors (Lipinski definition) is 3. The quantitative estimate of drug-likeness (QED) is 0.588. The lowest BCUT2D eigenvalue weighted by Gasteiger charge is -2.22. The molecule has 0 aliphatic rings. The lowest BCUT2D eigenvalue weighted by molar-refractivity contribution is -0.118. The topological polar surface area (TPSA) is 106 Å². The van der Waals surface area contributed by atoms with E-state index in [0.717, 1.165) is 13.0 Å². The predicted molar refractivity (Wildman–Crippen MR) is 67.8 cm³/mol. The summed E-state index contributed by atoms with van der Waals surface area (Å²) in [5.74, 6) is 0.137. The van der Waals surface area contributed by atoms with E-state index in [4.69, 9.17) is 10.2 Å². The minimum absolute atomic E-state index is 0.193. The molecule has 0 aliphatic heterocycles. The second-order valence-electron chi connectivity index (χ2n) is 4.83. The monoisotopic (exact) mass is 255 g/mol. The number of carbonyl (C=O) groups excluding carboxylic acids is 1. The average Bonchev–Trinajstić information content (AvgIpc) is 2.63. The summed E-state index contributed by atoms with van der Waals surface area (Å²) in [4.78, 5) is 10.9. The van der Waals surface area contributed by atoms with Crippen LogP contribution >= 0.6 is 0 Å². The highest BCUT2D eigenvalue weighted by Crippen LogP contribution is 2.16. The van der Waals surface area contributed by atoms with Crippen molar-refractivity contribution in [3.05, 3.63) is 5.89 Å². The molecule has 0 aromatic carbocycles. The summed E-state index contributed by atoms with van der Waals surface area (Å²) in [6, 6.07) is 0.301. The van der Waals surface area contributed by atoms with Crippen LogP contribution in [0.15, 0.2) is 4.42 Å². The highest BCUT2D eigenvalue weighted by Gasteiger charge is 2.22. The smallest absolute Gasteiger partial charge is 0.315 e. The van der Waals surface area contributed by atoms with Crippen LogP contribution in [0.5, 0.6) is 0 Å². The Morgan fingerprint density at radius 1 is 1.44 bits per heavy atom. The highest BCUT2D eigenvalue weighted by molar-refractivity contribution is 5.75.